The lowest BCUT2D eigenvalue weighted by molar-refractivity contribution is -0.385. The van der Waals surface area contributed by atoms with E-state index in [2.05, 4.69) is 5.32 Å². The fourth-order valence-electron chi connectivity index (χ4n) is 2.47. The monoisotopic (exact) mass is 344 g/mol. The number of hydrogen-bond acceptors (Lipinski definition) is 6. The molecule has 1 amide bonds. The fourth-order valence-corrected chi connectivity index (χ4v) is 2.47. The molecule has 0 atom stereocenters. The summed E-state index contributed by atoms with van der Waals surface area (Å²) in [6, 6.07) is 9.74. The number of nitrogens with one attached hydrogen (secondary N) is 1. The number of hydrogen-bond donors (Lipinski definition) is 1. The molecule has 0 spiro atoms. The lowest BCUT2D eigenvalue weighted by Crippen LogP contribution is -2.24. The number of nitro groups is 1. The molecule has 0 saturated heterocycles. The summed E-state index contributed by atoms with van der Waals surface area (Å²) in [7, 11) is 1.55. The Balaban J connectivity index is 1.82. The third-order valence-corrected chi connectivity index (χ3v) is 3.69. The van der Waals surface area contributed by atoms with Crippen molar-refractivity contribution in [3.05, 3.63) is 57.6 Å². The van der Waals surface area contributed by atoms with Crippen LogP contribution in [0.5, 0.6) is 17.2 Å². The zero-order valence-corrected chi connectivity index (χ0v) is 13.5. The van der Waals surface area contributed by atoms with E-state index in [1.165, 1.54) is 12.1 Å². The SMILES string of the molecule is COc1cccc(CNC(=O)c2cc3c(cc2[N+](=O)[O-])OCCO3)c1. The minimum atomic E-state index is -0.612. The summed E-state index contributed by atoms with van der Waals surface area (Å²) in [5, 5.41) is 14.0. The Morgan fingerprint density at radius 3 is 2.64 bits per heavy atom. The summed E-state index contributed by atoms with van der Waals surface area (Å²) in [6.07, 6.45) is 0. The maximum atomic E-state index is 12.4. The van der Waals surface area contributed by atoms with E-state index in [1.54, 1.807) is 25.3 Å². The third-order valence-electron chi connectivity index (χ3n) is 3.69. The van der Waals surface area contributed by atoms with Crippen molar-refractivity contribution in [3.8, 4) is 17.2 Å². The highest BCUT2D eigenvalue weighted by Gasteiger charge is 2.26. The lowest BCUT2D eigenvalue weighted by atomic mass is 10.1. The van der Waals surface area contributed by atoms with Crippen molar-refractivity contribution >= 4 is 11.6 Å². The maximum absolute atomic E-state index is 12.4. The van der Waals surface area contributed by atoms with Gasteiger partial charge in [-0.15, -0.1) is 0 Å². The Hall–Kier alpha value is -3.29. The van der Waals surface area contributed by atoms with Crippen molar-refractivity contribution in [3.63, 3.8) is 0 Å². The van der Waals surface area contributed by atoms with Crippen LogP contribution in [0, 0.1) is 10.1 Å². The van der Waals surface area contributed by atoms with Crippen LogP contribution in [0.2, 0.25) is 0 Å². The number of ether oxygens (including phenoxy) is 3. The number of benzene rings is 2. The molecule has 1 aliphatic heterocycles. The number of carbonyl (C=O) groups is 1. The summed E-state index contributed by atoms with van der Waals surface area (Å²) >= 11 is 0. The van der Waals surface area contributed by atoms with Gasteiger partial charge in [0.1, 0.15) is 24.5 Å². The van der Waals surface area contributed by atoms with Crippen LogP contribution in [0.3, 0.4) is 0 Å². The molecule has 0 unspecified atom stereocenters. The average Bonchev–Trinajstić information content (AvgIpc) is 2.65. The summed E-state index contributed by atoms with van der Waals surface area (Å²) in [4.78, 5) is 23.1. The summed E-state index contributed by atoms with van der Waals surface area (Å²) < 4.78 is 15.9. The molecule has 3 rings (SSSR count). The van der Waals surface area contributed by atoms with Crippen LogP contribution in [0.25, 0.3) is 0 Å². The van der Waals surface area contributed by atoms with Crippen LogP contribution in [0.4, 0.5) is 5.69 Å². The van der Waals surface area contributed by atoms with Crippen LogP contribution in [0.1, 0.15) is 15.9 Å². The molecule has 1 N–H and O–H groups in total. The average molecular weight is 344 g/mol. The van der Waals surface area contributed by atoms with Gasteiger partial charge in [-0.1, -0.05) is 12.1 Å². The topological polar surface area (TPSA) is 99.9 Å². The molecule has 0 aromatic heterocycles. The van der Waals surface area contributed by atoms with Crippen LogP contribution in [-0.4, -0.2) is 31.2 Å². The first kappa shape index (κ1) is 16.6. The van der Waals surface area contributed by atoms with Gasteiger partial charge in [-0.25, -0.2) is 0 Å². The van der Waals surface area contributed by atoms with Crippen molar-refractivity contribution in [2.45, 2.75) is 6.54 Å². The first-order valence-electron chi connectivity index (χ1n) is 7.57. The van der Waals surface area contributed by atoms with E-state index in [4.69, 9.17) is 14.2 Å². The van der Waals surface area contributed by atoms with Gasteiger partial charge in [-0.05, 0) is 17.7 Å². The molecular weight excluding hydrogens is 328 g/mol. The molecule has 0 radical (unpaired) electrons. The largest absolute Gasteiger partial charge is 0.497 e. The summed E-state index contributed by atoms with van der Waals surface area (Å²) in [6.45, 7) is 0.850. The molecule has 0 fully saturated rings. The molecule has 0 saturated carbocycles. The smallest absolute Gasteiger partial charge is 0.286 e. The first-order valence-corrected chi connectivity index (χ1v) is 7.57. The van der Waals surface area contributed by atoms with Crippen molar-refractivity contribution in [2.75, 3.05) is 20.3 Å². The second-order valence-corrected chi connectivity index (χ2v) is 5.30. The highest BCUT2D eigenvalue weighted by Crippen LogP contribution is 2.36. The molecule has 0 aliphatic carbocycles. The van der Waals surface area contributed by atoms with Gasteiger partial charge in [0, 0.05) is 12.6 Å². The minimum absolute atomic E-state index is 0.0721. The van der Waals surface area contributed by atoms with Crippen molar-refractivity contribution in [2.24, 2.45) is 0 Å². The lowest BCUT2D eigenvalue weighted by Gasteiger charge is -2.18. The van der Waals surface area contributed by atoms with E-state index < -0.39 is 10.8 Å². The molecular formula is C17H16N2O6. The summed E-state index contributed by atoms with van der Waals surface area (Å²) in [5.41, 5.74) is 0.414. The van der Waals surface area contributed by atoms with Crippen molar-refractivity contribution in [1.29, 1.82) is 0 Å². The van der Waals surface area contributed by atoms with Gasteiger partial charge in [-0.3, -0.25) is 14.9 Å². The third kappa shape index (κ3) is 3.63. The molecule has 8 nitrogen and oxygen atoms in total. The molecule has 130 valence electrons. The number of carbonyl (C=O) groups excluding carboxylic acids is 1. The van der Waals surface area contributed by atoms with Crippen molar-refractivity contribution in [1.82, 2.24) is 5.32 Å². The number of rotatable bonds is 5. The van der Waals surface area contributed by atoms with E-state index in [0.717, 1.165) is 5.56 Å². The molecule has 25 heavy (non-hydrogen) atoms. The Morgan fingerprint density at radius 1 is 1.24 bits per heavy atom. The summed E-state index contributed by atoms with van der Waals surface area (Å²) in [5.74, 6) is 0.689. The van der Waals surface area contributed by atoms with E-state index in [-0.39, 0.29) is 23.5 Å². The molecule has 0 bridgehead atoms. The van der Waals surface area contributed by atoms with E-state index in [1.807, 2.05) is 6.07 Å². The van der Waals surface area contributed by atoms with Gasteiger partial charge in [0.25, 0.3) is 11.6 Å². The van der Waals surface area contributed by atoms with Crippen LogP contribution >= 0.6 is 0 Å². The number of nitrogens with zero attached hydrogens (tertiary/aromatic N) is 1. The quantitative estimate of drug-likeness (QED) is 0.660. The molecule has 8 heteroatoms. The molecule has 1 heterocycles. The molecule has 2 aromatic rings. The van der Waals surface area contributed by atoms with E-state index in [9.17, 15) is 14.9 Å². The van der Waals surface area contributed by atoms with Gasteiger partial charge in [0.05, 0.1) is 18.1 Å². The zero-order valence-electron chi connectivity index (χ0n) is 13.5. The van der Waals surface area contributed by atoms with Gasteiger partial charge >= 0.3 is 0 Å². The minimum Gasteiger partial charge on any atom is -0.497 e. The van der Waals surface area contributed by atoms with Crippen LogP contribution in [-0.2, 0) is 6.54 Å². The van der Waals surface area contributed by atoms with Crippen molar-refractivity contribution < 1.29 is 23.9 Å². The number of amides is 1. The van der Waals surface area contributed by atoms with E-state index in [0.29, 0.717) is 24.7 Å². The predicted octanol–water partition coefficient (Wildman–Crippen LogP) is 2.30. The molecule has 2 aromatic carbocycles. The van der Waals surface area contributed by atoms with Gasteiger partial charge in [-0.2, -0.15) is 0 Å². The van der Waals surface area contributed by atoms with Gasteiger partial charge in [0.2, 0.25) is 0 Å². The van der Waals surface area contributed by atoms with E-state index >= 15 is 0 Å². The fraction of sp³-hybridized carbons (Fsp3) is 0.235. The predicted molar refractivity (Wildman–Crippen MR) is 88.3 cm³/mol. The highest BCUT2D eigenvalue weighted by molar-refractivity contribution is 5.99. The maximum Gasteiger partial charge on any atom is 0.286 e. The zero-order chi connectivity index (χ0) is 17.8. The Labute approximate surface area is 143 Å². The van der Waals surface area contributed by atoms with Crippen LogP contribution < -0.4 is 19.5 Å². The Morgan fingerprint density at radius 2 is 1.96 bits per heavy atom. The van der Waals surface area contributed by atoms with Gasteiger partial charge < -0.3 is 19.5 Å². The Kier molecular flexibility index (Phi) is 4.69. The standard InChI is InChI=1S/C17H16N2O6/c1-23-12-4-2-3-11(7-12)10-18-17(20)13-8-15-16(25-6-5-24-15)9-14(13)19(21)22/h2-4,7-9H,5-6,10H2,1H3,(H,18,20). The second-order valence-electron chi connectivity index (χ2n) is 5.30. The van der Waals surface area contributed by atoms with Gasteiger partial charge in [0.15, 0.2) is 11.5 Å². The Bertz CT molecular complexity index is 821. The number of methoxy groups -OCH3 is 1. The molecule has 1 aliphatic rings. The normalized spacial score (nSPS) is 12.4. The number of nitro benzene ring substituents is 1. The first-order chi connectivity index (χ1) is 12.1. The number of fused-ring (bicyclic) bond motifs is 1. The highest BCUT2D eigenvalue weighted by atomic mass is 16.6. The van der Waals surface area contributed by atoms with Crippen LogP contribution in [0.15, 0.2) is 36.4 Å². The second kappa shape index (κ2) is 7.08.